The lowest BCUT2D eigenvalue weighted by Crippen LogP contribution is -2.05. The molecule has 96 valence electrons. The molecule has 0 aromatic carbocycles. The van der Waals surface area contributed by atoms with Crippen LogP contribution in [0.1, 0.15) is 35.1 Å². The summed E-state index contributed by atoms with van der Waals surface area (Å²) in [6.45, 7) is 8.18. The van der Waals surface area contributed by atoms with Crippen LogP contribution in [0.4, 0.5) is 0 Å². The molecule has 0 unspecified atom stereocenters. The fourth-order valence-electron chi connectivity index (χ4n) is 1.96. The highest BCUT2D eigenvalue weighted by molar-refractivity contribution is 5.35. The van der Waals surface area contributed by atoms with Gasteiger partial charge in [0.2, 0.25) is 0 Å². The summed E-state index contributed by atoms with van der Waals surface area (Å²) >= 11 is 0. The van der Waals surface area contributed by atoms with Crippen LogP contribution in [0, 0.1) is 20.8 Å². The van der Waals surface area contributed by atoms with Crippen LogP contribution < -0.4 is 0 Å². The Morgan fingerprint density at radius 1 is 1.22 bits per heavy atom. The first-order valence-electron chi connectivity index (χ1n) is 6.20. The van der Waals surface area contributed by atoms with E-state index in [9.17, 15) is 5.11 Å². The molecule has 4 nitrogen and oxygen atoms in total. The van der Waals surface area contributed by atoms with Gasteiger partial charge in [0.05, 0.1) is 12.3 Å². The smallest absolute Gasteiger partial charge is 0.154 e. The van der Waals surface area contributed by atoms with Crippen LogP contribution in [0.25, 0.3) is 5.82 Å². The van der Waals surface area contributed by atoms with Crippen LogP contribution in [-0.4, -0.2) is 19.9 Å². The summed E-state index contributed by atoms with van der Waals surface area (Å²) in [5, 5.41) is 13.8. The minimum atomic E-state index is 0.0286. The van der Waals surface area contributed by atoms with E-state index in [2.05, 4.69) is 23.9 Å². The van der Waals surface area contributed by atoms with Crippen LogP contribution >= 0.6 is 0 Å². The van der Waals surface area contributed by atoms with Crippen molar-refractivity contribution in [2.45, 2.75) is 40.7 Å². The number of aromatic nitrogens is 3. The Labute approximate surface area is 107 Å². The molecule has 0 radical (unpaired) electrons. The number of aliphatic hydroxyl groups is 1. The van der Waals surface area contributed by atoms with Gasteiger partial charge in [-0.05, 0) is 50.5 Å². The first kappa shape index (κ1) is 12.8. The molecule has 0 bridgehead atoms. The van der Waals surface area contributed by atoms with Crippen molar-refractivity contribution < 1.29 is 5.11 Å². The Morgan fingerprint density at radius 2 is 1.94 bits per heavy atom. The molecule has 0 atom stereocenters. The largest absolute Gasteiger partial charge is 0.392 e. The molecule has 0 amide bonds. The molecule has 0 saturated carbocycles. The molecule has 0 saturated heterocycles. The van der Waals surface area contributed by atoms with Gasteiger partial charge in [-0.25, -0.2) is 9.67 Å². The Bertz CT molecular complexity index is 550. The molecule has 0 aliphatic rings. The van der Waals surface area contributed by atoms with Gasteiger partial charge in [-0.1, -0.05) is 6.92 Å². The second-order valence-corrected chi connectivity index (χ2v) is 4.54. The second-order valence-electron chi connectivity index (χ2n) is 4.54. The number of aryl methyl sites for hydroxylation is 2. The van der Waals surface area contributed by atoms with Gasteiger partial charge in [0.1, 0.15) is 0 Å². The van der Waals surface area contributed by atoms with Crippen molar-refractivity contribution >= 4 is 0 Å². The van der Waals surface area contributed by atoms with E-state index in [1.807, 2.05) is 30.7 Å². The van der Waals surface area contributed by atoms with Crippen LogP contribution in [0.15, 0.2) is 12.1 Å². The van der Waals surface area contributed by atoms with Crippen molar-refractivity contribution in [3.8, 4) is 5.82 Å². The van der Waals surface area contributed by atoms with Crippen molar-refractivity contribution in [2.75, 3.05) is 0 Å². The average Bonchev–Trinajstić information content (AvgIpc) is 2.65. The molecular weight excluding hydrogens is 226 g/mol. The van der Waals surface area contributed by atoms with Crippen LogP contribution in [0.5, 0.6) is 0 Å². The summed E-state index contributed by atoms with van der Waals surface area (Å²) in [4.78, 5) is 4.57. The van der Waals surface area contributed by atoms with Crippen LogP contribution in [0.2, 0.25) is 0 Å². The maximum Gasteiger partial charge on any atom is 0.154 e. The van der Waals surface area contributed by atoms with Gasteiger partial charge >= 0.3 is 0 Å². The molecule has 2 aromatic heterocycles. The fourth-order valence-corrected chi connectivity index (χ4v) is 1.96. The number of hydrogen-bond donors (Lipinski definition) is 1. The number of nitrogens with zero attached hydrogens (tertiary/aromatic N) is 3. The summed E-state index contributed by atoms with van der Waals surface area (Å²) in [6, 6.07) is 3.82. The third-order valence-electron chi connectivity index (χ3n) is 3.34. The van der Waals surface area contributed by atoms with Gasteiger partial charge in [0.15, 0.2) is 5.82 Å². The zero-order valence-electron chi connectivity index (χ0n) is 11.4. The summed E-state index contributed by atoms with van der Waals surface area (Å²) in [7, 11) is 0. The number of rotatable bonds is 3. The summed E-state index contributed by atoms with van der Waals surface area (Å²) in [5.41, 5.74) is 5.15. The standard InChI is InChI=1S/C14H19N3O/c1-5-13-6-12(8-18)7-14(15-13)17-11(4)9(2)10(3)16-17/h6-7,18H,5,8H2,1-4H3. The van der Waals surface area contributed by atoms with Crippen molar-refractivity contribution in [3.05, 3.63) is 40.3 Å². The van der Waals surface area contributed by atoms with Gasteiger partial charge in [-0.3, -0.25) is 0 Å². The Balaban J connectivity index is 2.59. The Kier molecular flexibility index (Phi) is 3.48. The van der Waals surface area contributed by atoms with Crippen molar-refractivity contribution in [1.29, 1.82) is 0 Å². The monoisotopic (exact) mass is 245 g/mol. The highest BCUT2D eigenvalue weighted by Crippen LogP contribution is 2.17. The summed E-state index contributed by atoms with van der Waals surface area (Å²) in [6.07, 6.45) is 0.846. The maximum absolute atomic E-state index is 9.30. The fraction of sp³-hybridized carbons (Fsp3) is 0.429. The number of hydrogen-bond acceptors (Lipinski definition) is 3. The molecule has 2 aromatic rings. The Morgan fingerprint density at radius 3 is 2.44 bits per heavy atom. The summed E-state index contributed by atoms with van der Waals surface area (Å²) in [5.74, 6) is 0.784. The zero-order chi connectivity index (χ0) is 13.3. The van der Waals surface area contributed by atoms with Gasteiger partial charge in [0.25, 0.3) is 0 Å². The van der Waals surface area contributed by atoms with Gasteiger partial charge in [-0.15, -0.1) is 0 Å². The number of pyridine rings is 1. The van der Waals surface area contributed by atoms with Gasteiger partial charge < -0.3 is 5.11 Å². The van der Waals surface area contributed by atoms with Crippen LogP contribution in [-0.2, 0) is 13.0 Å². The van der Waals surface area contributed by atoms with Gasteiger partial charge in [0, 0.05) is 11.4 Å². The van der Waals surface area contributed by atoms with E-state index in [1.54, 1.807) is 0 Å². The molecule has 0 fully saturated rings. The minimum absolute atomic E-state index is 0.0286. The van der Waals surface area contributed by atoms with E-state index in [-0.39, 0.29) is 6.61 Å². The topological polar surface area (TPSA) is 50.9 Å². The molecule has 0 aliphatic carbocycles. The van der Waals surface area contributed by atoms with E-state index >= 15 is 0 Å². The maximum atomic E-state index is 9.30. The summed E-state index contributed by atoms with van der Waals surface area (Å²) < 4.78 is 1.85. The van der Waals surface area contributed by atoms with E-state index < -0.39 is 0 Å². The molecule has 18 heavy (non-hydrogen) atoms. The van der Waals surface area contributed by atoms with E-state index in [0.717, 1.165) is 34.9 Å². The lowest BCUT2D eigenvalue weighted by molar-refractivity contribution is 0.281. The Hall–Kier alpha value is -1.68. The molecule has 0 aliphatic heterocycles. The van der Waals surface area contributed by atoms with E-state index in [0.29, 0.717) is 0 Å². The first-order valence-corrected chi connectivity index (χ1v) is 6.20. The average molecular weight is 245 g/mol. The SMILES string of the molecule is CCc1cc(CO)cc(-n2nc(C)c(C)c2C)n1. The van der Waals surface area contributed by atoms with Crippen LogP contribution in [0.3, 0.4) is 0 Å². The minimum Gasteiger partial charge on any atom is -0.392 e. The van der Waals surface area contributed by atoms with E-state index in [4.69, 9.17) is 0 Å². The molecule has 2 heterocycles. The lowest BCUT2D eigenvalue weighted by atomic mass is 10.2. The molecular formula is C14H19N3O. The zero-order valence-corrected chi connectivity index (χ0v) is 11.4. The third-order valence-corrected chi connectivity index (χ3v) is 3.34. The van der Waals surface area contributed by atoms with Crippen molar-refractivity contribution in [2.24, 2.45) is 0 Å². The quantitative estimate of drug-likeness (QED) is 0.902. The highest BCUT2D eigenvalue weighted by atomic mass is 16.3. The molecule has 4 heteroatoms. The molecule has 2 rings (SSSR count). The van der Waals surface area contributed by atoms with E-state index in [1.165, 1.54) is 5.56 Å². The molecule has 0 spiro atoms. The third kappa shape index (κ3) is 2.16. The normalized spacial score (nSPS) is 10.9. The predicted molar refractivity (Wildman–Crippen MR) is 70.9 cm³/mol. The van der Waals surface area contributed by atoms with Crippen molar-refractivity contribution in [3.63, 3.8) is 0 Å². The second kappa shape index (κ2) is 4.90. The lowest BCUT2D eigenvalue weighted by Gasteiger charge is -2.08. The predicted octanol–water partition coefficient (Wildman–Crippen LogP) is 2.25. The van der Waals surface area contributed by atoms with Crippen molar-refractivity contribution in [1.82, 2.24) is 14.8 Å². The number of aliphatic hydroxyl groups excluding tert-OH is 1. The van der Waals surface area contributed by atoms with Gasteiger partial charge in [-0.2, -0.15) is 5.10 Å². The highest BCUT2D eigenvalue weighted by Gasteiger charge is 2.11. The first-order chi connectivity index (χ1) is 8.56. The molecule has 1 N–H and O–H groups in total.